The summed E-state index contributed by atoms with van der Waals surface area (Å²) in [7, 11) is 1.04. The average molecular weight is 308 g/mol. The van der Waals surface area contributed by atoms with Crippen molar-refractivity contribution in [2.75, 3.05) is 18.2 Å². The van der Waals surface area contributed by atoms with Crippen LogP contribution in [0.1, 0.15) is 22.3 Å². The number of amides is 1. The van der Waals surface area contributed by atoms with Gasteiger partial charge < -0.3 is 15.8 Å². The average Bonchev–Trinajstić information content (AvgIpc) is 2.33. The standard InChI is InChI=1S/C12H12F4N2O3/c1-5-9(11(20)21-2)6(13)3-7(10(5)17)18-8(19)4-12(14,15)16/h3H,4,17H2,1-2H3,(H,18,19). The molecule has 0 atom stereocenters. The van der Waals surface area contributed by atoms with Crippen LogP contribution in [0.15, 0.2) is 6.07 Å². The van der Waals surface area contributed by atoms with Crippen molar-refractivity contribution in [2.45, 2.75) is 19.5 Å². The molecule has 0 heterocycles. The summed E-state index contributed by atoms with van der Waals surface area (Å²) in [5.74, 6) is -3.43. The number of anilines is 2. The number of carbonyl (C=O) groups excluding carboxylic acids is 2. The number of esters is 1. The van der Waals surface area contributed by atoms with Crippen LogP contribution in [0.25, 0.3) is 0 Å². The SMILES string of the molecule is COC(=O)c1c(F)cc(NC(=O)CC(F)(F)F)c(N)c1C. The molecular weight excluding hydrogens is 296 g/mol. The molecule has 0 aliphatic carbocycles. The first-order valence-corrected chi connectivity index (χ1v) is 5.60. The molecule has 1 amide bonds. The van der Waals surface area contributed by atoms with Crippen LogP contribution < -0.4 is 11.1 Å². The van der Waals surface area contributed by atoms with E-state index in [0.29, 0.717) is 6.07 Å². The Bertz CT molecular complexity index is 585. The minimum absolute atomic E-state index is 0.0378. The number of hydrogen-bond acceptors (Lipinski definition) is 4. The minimum atomic E-state index is -4.70. The van der Waals surface area contributed by atoms with Crippen LogP contribution in [0.2, 0.25) is 0 Å². The van der Waals surface area contributed by atoms with Crippen molar-refractivity contribution in [3.05, 3.63) is 23.0 Å². The molecule has 21 heavy (non-hydrogen) atoms. The maximum absolute atomic E-state index is 13.8. The van der Waals surface area contributed by atoms with Crippen molar-refractivity contribution in [1.82, 2.24) is 0 Å². The molecule has 0 aliphatic heterocycles. The van der Waals surface area contributed by atoms with Crippen LogP contribution >= 0.6 is 0 Å². The number of alkyl halides is 3. The Hall–Kier alpha value is -2.32. The van der Waals surface area contributed by atoms with Gasteiger partial charge >= 0.3 is 12.1 Å². The van der Waals surface area contributed by atoms with E-state index in [-0.39, 0.29) is 16.9 Å². The largest absolute Gasteiger partial charge is 0.465 e. The van der Waals surface area contributed by atoms with Gasteiger partial charge in [-0.15, -0.1) is 0 Å². The van der Waals surface area contributed by atoms with Crippen LogP contribution in [0, 0.1) is 12.7 Å². The number of nitrogen functional groups attached to an aromatic ring is 1. The molecule has 9 heteroatoms. The summed E-state index contributed by atoms with van der Waals surface area (Å²) in [6.07, 6.45) is -6.43. The second kappa shape index (κ2) is 5.98. The highest BCUT2D eigenvalue weighted by Crippen LogP contribution is 2.29. The molecule has 1 aromatic rings. The Labute approximate surface area is 117 Å². The number of ether oxygens (including phenoxy) is 1. The summed E-state index contributed by atoms with van der Waals surface area (Å²) in [5, 5.41) is 1.86. The van der Waals surface area contributed by atoms with E-state index in [1.54, 1.807) is 0 Å². The highest BCUT2D eigenvalue weighted by Gasteiger charge is 2.31. The van der Waals surface area contributed by atoms with Crippen molar-refractivity contribution in [3.8, 4) is 0 Å². The summed E-state index contributed by atoms with van der Waals surface area (Å²) < 4.78 is 54.3. The summed E-state index contributed by atoms with van der Waals surface area (Å²) in [6, 6.07) is 0.670. The van der Waals surface area contributed by atoms with Gasteiger partial charge in [0, 0.05) is 6.07 Å². The summed E-state index contributed by atoms with van der Waals surface area (Å²) >= 11 is 0. The second-order valence-corrected chi connectivity index (χ2v) is 4.15. The van der Waals surface area contributed by atoms with Gasteiger partial charge in [-0.25, -0.2) is 9.18 Å². The number of carbonyl (C=O) groups is 2. The van der Waals surface area contributed by atoms with Gasteiger partial charge in [0.25, 0.3) is 0 Å². The highest BCUT2D eigenvalue weighted by molar-refractivity contribution is 5.99. The lowest BCUT2D eigenvalue weighted by Gasteiger charge is -2.14. The molecule has 0 saturated heterocycles. The first kappa shape index (κ1) is 16.7. The molecule has 1 aromatic carbocycles. The molecule has 0 unspecified atom stereocenters. The van der Waals surface area contributed by atoms with E-state index in [1.165, 1.54) is 6.92 Å². The molecule has 0 radical (unpaired) electrons. The Morgan fingerprint density at radius 2 is 1.95 bits per heavy atom. The highest BCUT2D eigenvalue weighted by atomic mass is 19.4. The van der Waals surface area contributed by atoms with Gasteiger partial charge in [-0.3, -0.25) is 4.79 Å². The van der Waals surface area contributed by atoms with Crippen molar-refractivity contribution >= 4 is 23.3 Å². The zero-order chi connectivity index (χ0) is 16.4. The van der Waals surface area contributed by atoms with Crippen LogP contribution in [-0.2, 0) is 9.53 Å². The maximum atomic E-state index is 13.8. The van der Waals surface area contributed by atoms with Gasteiger partial charge in [-0.2, -0.15) is 13.2 Å². The molecule has 0 saturated carbocycles. The van der Waals surface area contributed by atoms with E-state index in [0.717, 1.165) is 7.11 Å². The van der Waals surface area contributed by atoms with Gasteiger partial charge in [0.15, 0.2) is 0 Å². The molecule has 5 nitrogen and oxygen atoms in total. The monoisotopic (exact) mass is 308 g/mol. The van der Waals surface area contributed by atoms with Gasteiger partial charge in [-0.1, -0.05) is 0 Å². The van der Waals surface area contributed by atoms with Crippen LogP contribution in [0.4, 0.5) is 28.9 Å². The summed E-state index contributed by atoms with van der Waals surface area (Å²) in [6.45, 7) is 1.28. The summed E-state index contributed by atoms with van der Waals surface area (Å²) in [4.78, 5) is 22.6. The van der Waals surface area contributed by atoms with Crippen LogP contribution in [0.5, 0.6) is 0 Å². The van der Waals surface area contributed by atoms with Crippen molar-refractivity contribution in [3.63, 3.8) is 0 Å². The third-order valence-corrected chi connectivity index (χ3v) is 2.60. The number of benzene rings is 1. The lowest BCUT2D eigenvalue weighted by Crippen LogP contribution is -2.22. The lowest BCUT2D eigenvalue weighted by atomic mass is 10.0. The van der Waals surface area contributed by atoms with Crippen molar-refractivity contribution < 1.29 is 31.9 Å². The predicted octanol–water partition coefficient (Wildman–Crippen LogP) is 2.39. The number of nitrogens with one attached hydrogen (secondary N) is 1. The van der Waals surface area contributed by atoms with Gasteiger partial charge in [0.2, 0.25) is 5.91 Å². The zero-order valence-electron chi connectivity index (χ0n) is 11.1. The van der Waals surface area contributed by atoms with Gasteiger partial charge in [-0.05, 0) is 12.5 Å². The van der Waals surface area contributed by atoms with E-state index in [4.69, 9.17) is 5.73 Å². The Kier molecular flexibility index (Phi) is 4.77. The Morgan fingerprint density at radius 1 is 1.38 bits per heavy atom. The number of halogens is 4. The lowest BCUT2D eigenvalue weighted by molar-refractivity contribution is -0.150. The second-order valence-electron chi connectivity index (χ2n) is 4.15. The minimum Gasteiger partial charge on any atom is -0.465 e. The Balaban J connectivity index is 3.12. The topological polar surface area (TPSA) is 81.4 Å². The quantitative estimate of drug-likeness (QED) is 0.510. The fourth-order valence-electron chi connectivity index (χ4n) is 1.62. The molecule has 1 rings (SSSR count). The van der Waals surface area contributed by atoms with Gasteiger partial charge in [0.1, 0.15) is 17.8 Å². The van der Waals surface area contributed by atoms with Crippen molar-refractivity contribution in [1.29, 1.82) is 0 Å². The molecule has 0 aromatic heterocycles. The zero-order valence-corrected chi connectivity index (χ0v) is 11.1. The third-order valence-electron chi connectivity index (χ3n) is 2.60. The van der Waals surface area contributed by atoms with E-state index < -0.39 is 35.9 Å². The number of hydrogen-bond donors (Lipinski definition) is 2. The molecular formula is C12H12F4N2O3. The smallest absolute Gasteiger partial charge is 0.397 e. The molecule has 116 valence electrons. The maximum Gasteiger partial charge on any atom is 0.397 e. The molecule has 3 N–H and O–H groups in total. The number of methoxy groups -OCH3 is 1. The van der Waals surface area contributed by atoms with E-state index in [9.17, 15) is 27.2 Å². The first-order chi connectivity index (χ1) is 9.56. The van der Waals surface area contributed by atoms with E-state index in [1.807, 2.05) is 5.32 Å². The van der Waals surface area contributed by atoms with E-state index >= 15 is 0 Å². The fraction of sp³-hybridized carbons (Fsp3) is 0.333. The van der Waals surface area contributed by atoms with Gasteiger partial charge in [0.05, 0.1) is 18.5 Å². The molecule has 0 aliphatic rings. The van der Waals surface area contributed by atoms with E-state index in [2.05, 4.69) is 4.74 Å². The predicted molar refractivity (Wildman–Crippen MR) is 66.2 cm³/mol. The molecule has 0 bridgehead atoms. The van der Waals surface area contributed by atoms with Crippen molar-refractivity contribution in [2.24, 2.45) is 0 Å². The Morgan fingerprint density at radius 3 is 2.43 bits per heavy atom. The third kappa shape index (κ3) is 4.07. The fourth-order valence-corrected chi connectivity index (χ4v) is 1.62. The normalized spacial score (nSPS) is 11.1. The first-order valence-electron chi connectivity index (χ1n) is 5.60. The van der Waals surface area contributed by atoms with Crippen LogP contribution in [-0.4, -0.2) is 25.2 Å². The van der Waals surface area contributed by atoms with Crippen LogP contribution in [0.3, 0.4) is 0 Å². The molecule has 0 fully saturated rings. The summed E-state index contributed by atoms with van der Waals surface area (Å²) in [5.41, 5.74) is 4.55. The molecule has 0 spiro atoms. The number of rotatable bonds is 3. The number of nitrogens with two attached hydrogens (primary N) is 1.